The summed E-state index contributed by atoms with van der Waals surface area (Å²) in [6.45, 7) is 0.0869. The van der Waals surface area contributed by atoms with Gasteiger partial charge < -0.3 is 9.08 Å². The van der Waals surface area contributed by atoms with Crippen LogP contribution in [0.5, 0.6) is 5.75 Å². The lowest BCUT2D eigenvalue weighted by molar-refractivity contribution is 0.0729. The summed E-state index contributed by atoms with van der Waals surface area (Å²) in [6.07, 6.45) is 1.67. The van der Waals surface area contributed by atoms with Crippen molar-refractivity contribution >= 4 is 39.2 Å². The molecule has 0 aromatic heterocycles. The lowest BCUT2D eigenvalue weighted by Gasteiger charge is -2.24. The minimum atomic E-state index is -4.22. The molecule has 0 aliphatic heterocycles. The zero-order valence-electron chi connectivity index (χ0n) is 16.7. The maximum atomic E-state index is 13.2. The second-order valence-corrected chi connectivity index (χ2v) is 9.78. The number of carbonyl (C=O) groups excluding carboxylic acids is 1. The van der Waals surface area contributed by atoms with E-state index in [0.717, 1.165) is 37.1 Å². The van der Waals surface area contributed by atoms with Crippen LogP contribution in [0, 0.1) is 5.82 Å². The average Bonchev–Trinajstić information content (AvgIpc) is 3.59. The third kappa shape index (κ3) is 5.06. The first kappa shape index (κ1) is 22.6. The molecule has 0 saturated heterocycles. The summed E-state index contributed by atoms with van der Waals surface area (Å²) >= 11 is 12.4. The maximum Gasteiger partial charge on any atom is 0.339 e. The first-order chi connectivity index (χ1) is 15.2. The van der Waals surface area contributed by atoms with E-state index in [1.807, 2.05) is 0 Å². The summed E-state index contributed by atoms with van der Waals surface area (Å²) in [5, 5.41) is 0.706. The summed E-state index contributed by atoms with van der Waals surface area (Å²) in [5.41, 5.74) is 0.792. The van der Waals surface area contributed by atoms with Gasteiger partial charge in [-0.1, -0.05) is 35.3 Å². The fraction of sp³-hybridized carbons (Fsp3) is 0.174. The minimum absolute atomic E-state index is 0.0133. The Morgan fingerprint density at radius 3 is 2.38 bits per heavy atom. The van der Waals surface area contributed by atoms with Crippen molar-refractivity contribution in [2.24, 2.45) is 0 Å². The number of nitrogens with zero attached hydrogens (tertiary/aromatic N) is 1. The lowest BCUT2D eigenvalue weighted by Crippen LogP contribution is -2.33. The van der Waals surface area contributed by atoms with Crippen LogP contribution in [0.4, 0.5) is 4.39 Å². The van der Waals surface area contributed by atoms with Crippen molar-refractivity contribution in [2.75, 3.05) is 0 Å². The molecule has 9 heteroatoms. The average molecular weight is 494 g/mol. The van der Waals surface area contributed by atoms with Crippen molar-refractivity contribution in [1.82, 2.24) is 4.90 Å². The van der Waals surface area contributed by atoms with Gasteiger partial charge in [0.2, 0.25) is 0 Å². The van der Waals surface area contributed by atoms with Gasteiger partial charge in [-0.15, -0.1) is 0 Å². The number of benzene rings is 3. The van der Waals surface area contributed by atoms with E-state index in [0.29, 0.717) is 21.2 Å². The highest BCUT2D eigenvalue weighted by Gasteiger charge is 2.34. The number of hydrogen-bond donors (Lipinski definition) is 0. The zero-order valence-corrected chi connectivity index (χ0v) is 19.0. The highest BCUT2D eigenvalue weighted by atomic mass is 35.5. The second kappa shape index (κ2) is 9.10. The van der Waals surface area contributed by atoms with Gasteiger partial charge in [-0.05, 0) is 67.4 Å². The first-order valence-electron chi connectivity index (χ1n) is 9.78. The molecular weight excluding hydrogens is 476 g/mol. The Labute approximate surface area is 195 Å². The monoisotopic (exact) mass is 493 g/mol. The smallest absolute Gasteiger partial charge is 0.339 e. The predicted octanol–water partition coefficient (Wildman–Crippen LogP) is 5.71. The van der Waals surface area contributed by atoms with Crippen molar-refractivity contribution in [3.63, 3.8) is 0 Å². The van der Waals surface area contributed by atoms with Crippen molar-refractivity contribution in [1.29, 1.82) is 0 Å². The number of halogens is 3. The van der Waals surface area contributed by atoms with Crippen molar-refractivity contribution in [3.8, 4) is 5.75 Å². The van der Waals surface area contributed by atoms with Gasteiger partial charge in [-0.3, -0.25) is 4.79 Å². The molecule has 166 valence electrons. The molecule has 1 aliphatic carbocycles. The Kier molecular flexibility index (Phi) is 6.42. The quantitative estimate of drug-likeness (QED) is 0.395. The summed E-state index contributed by atoms with van der Waals surface area (Å²) < 4.78 is 43.9. The molecule has 0 radical (unpaired) electrons. The summed E-state index contributed by atoms with van der Waals surface area (Å²) in [5.74, 6) is -0.781. The van der Waals surface area contributed by atoms with Crippen LogP contribution in [0.25, 0.3) is 0 Å². The molecule has 0 atom stereocenters. The molecule has 32 heavy (non-hydrogen) atoms. The van der Waals surface area contributed by atoms with Crippen molar-refractivity contribution < 1.29 is 21.8 Å². The Morgan fingerprint density at radius 2 is 1.72 bits per heavy atom. The van der Waals surface area contributed by atoms with E-state index in [4.69, 9.17) is 27.4 Å². The number of rotatable bonds is 7. The van der Waals surface area contributed by atoms with Gasteiger partial charge in [-0.2, -0.15) is 8.42 Å². The van der Waals surface area contributed by atoms with E-state index in [2.05, 4.69) is 0 Å². The van der Waals surface area contributed by atoms with Crippen LogP contribution in [0.15, 0.2) is 71.6 Å². The SMILES string of the molecule is O=C(c1ccccc1Cl)N(Cc1cc(Cl)ccc1OS(=O)(=O)c1ccc(F)cc1)C1CC1. The Balaban J connectivity index is 1.65. The third-order valence-electron chi connectivity index (χ3n) is 5.02. The van der Waals surface area contributed by atoms with Crippen LogP contribution in [0.1, 0.15) is 28.8 Å². The third-order valence-corrected chi connectivity index (χ3v) is 6.83. The fourth-order valence-electron chi connectivity index (χ4n) is 3.25. The lowest BCUT2D eigenvalue weighted by atomic mass is 10.1. The molecule has 0 bridgehead atoms. The van der Waals surface area contributed by atoms with Gasteiger partial charge in [0.15, 0.2) is 0 Å². The molecule has 0 spiro atoms. The highest BCUT2D eigenvalue weighted by Crippen LogP contribution is 2.34. The molecule has 0 unspecified atom stereocenters. The van der Waals surface area contributed by atoms with Crippen LogP contribution >= 0.6 is 23.2 Å². The van der Waals surface area contributed by atoms with Gasteiger partial charge in [0.05, 0.1) is 17.1 Å². The number of hydrogen-bond acceptors (Lipinski definition) is 4. The van der Waals surface area contributed by atoms with E-state index >= 15 is 0 Å². The van der Waals surface area contributed by atoms with Crippen molar-refractivity contribution in [2.45, 2.75) is 30.3 Å². The minimum Gasteiger partial charge on any atom is -0.379 e. The van der Waals surface area contributed by atoms with Crippen LogP contribution in [0.2, 0.25) is 10.0 Å². The fourth-order valence-corrected chi connectivity index (χ4v) is 4.62. The van der Waals surface area contributed by atoms with Gasteiger partial charge in [-0.25, -0.2) is 4.39 Å². The normalized spacial score (nSPS) is 13.6. The van der Waals surface area contributed by atoms with E-state index in [1.165, 1.54) is 12.1 Å². The first-order valence-corrected chi connectivity index (χ1v) is 11.9. The van der Waals surface area contributed by atoms with Crippen molar-refractivity contribution in [3.05, 3.63) is 93.7 Å². The largest absolute Gasteiger partial charge is 0.379 e. The van der Waals surface area contributed by atoms with Crippen LogP contribution in [-0.2, 0) is 16.7 Å². The zero-order chi connectivity index (χ0) is 22.9. The molecule has 1 amide bonds. The summed E-state index contributed by atoms with van der Waals surface area (Å²) in [6, 6.07) is 15.6. The van der Waals surface area contributed by atoms with E-state index < -0.39 is 15.9 Å². The van der Waals surface area contributed by atoms with E-state index in [-0.39, 0.29) is 29.1 Å². The molecule has 0 heterocycles. The molecule has 3 aromatic rings. The Hall–Kier alpha value is -2.61. The van der Waals surface area contributed by atoms with Crippen LogP contribution in [0.3, 0.4) is 0 Å². The molecule has 1 aliphatic rings. The Morgan fingerprint density at radius 1 is 1.03 bits per heavy atom. The van der Waals surface area contributed by atoms with E-state index in [1.54, 1.807) is 35.2 Å². The van der Waals surface area contributed by atoms with E-state index in [9.17, 15) is 17.6 Å². The Bertz CT molecular complexity index is 1260. The molecule has 4 rings (SSSR count). The number of amides is 1. The van der Waals surface area contributed by atoms with Crippen LogP contribution < -0.4 is 4.18 Å². The highest BCUT2D eigenvalue weighted by molar-refractivity contribution is 7.87. The maximum absolute atomic E-state index is 13.2. The molecule has 5 nitrogen and oxygen atoms in total. The van der Waals surface area contributed by atoms with Crippen LogP contribution in [-0.4, -0.2) is 25.3 Å². The standard InChI is InChI=1S/C23H18Cl2FNO4S/c24-16-5-12-22(31-32(29,30)19-10-6-17(26)7-11-19)15(13-16)14-27(18-8-9-18)23(28)20-3-1-2-4-21(20)25/h1-7,10-13,18H,8-9,14H2. The van der Waals surface area contributed by atoms with Gasteiger partial charge in [0, 0.05) is 16.6 Å². The summed E-state index contributed by atoms with van der Waals surface area (Å²) in [4.78, 5) is 14.7. The summed E-state index contributed by atoms with van der Waals surface area (Å²) in [7, 11) is -4.22. The second-order valence-electron chi connectivity index (χ2n) is 7.39. The predicted molar refractivity (Wildman–Crippen MR) is 120 cm³/mol. The molecule has 1 saturated carbocycles. The molecular formula is C23H18Cl2FNO4S. The van der Waals surface area contributed by atoms with Gasteiger partial charge >= 0.3 is 10.1 Å². The molecule has 1 fully saturated rings. The topological polar surface area (TPSA) is 63.7 Å². The van der Waals surface area contributed by atoms with Gasteiger partial charge in [0.25, 0.3) is 5.91 Å². The number of carbonyl (C=O) groups is 1. The van der Waals surface area contributed by atoms with Gasteiger partial charge in [0.1, 0.15) is 16.5 Å². The molecule has 3 aromatic carbocycles. The molecule has 0 N–H and O–H groups in total.